The van der Waals surface area contributed by atoms with E-state index in [1.165, 1.54) is 11.2 Å². The highest BCUT2D eigenvalue weighted by molar-refractivity contribution is 6.30. The highest BCUT2D eigenvalue weighted by atomic mass is 35.5. The summed E-state index contributed by atoms with van der Waals surface area (Å²) in [7, 11) is 0. The second kappa shape index (κ2) is 7.52. The van der Waals surface area contributed by atoms with E-state index in [0.29, 0.717) is 48.5 Å². The Balaban J connectivity index is 1.63. The summed E-state index contributed by atoms with van der Waals surface area (Å²) in [5.41, 5.74) is 0.898. The Morgan fingerprint density at radius 2 is 2.08 bits per heavy atom. The average molecular weight is 364 g/mol. The molecule has 0 saturated carbocycles. The van der Waals surface area contributed by atoms with Crippen molar-refractivity contribution in [2.24, 2.45) is 0 Å². The summed E-state index contributed by atoms with van der Waals surface area (Å²) >= 11 is 5.91. The van der Waals surface area contributed by atoms with Crippen LogP contribution in [-0.4, -0.2) is 50.2 Å². The first-order chi connectivity index (χ1) is 12.0. The van der Waals surface area contributed by atoms with E-state index in [9.17, 15) is 4.79 Å². The minimum atomic E-state index is -0.891. The molecule has 0 atom stereocenters. The minimum absolute atomic E-state index is 0.0613. The lowest BCUT2D eigenvalue weighted by Crippen LogP contribution is -2.41. The fraction of sp³-hybridized carbons (Fsp3) is 0.375. The van der Waals surface area contributed by atoms with E-state index < -0.39 is 6.09 Å². The van der Waals surface area contributed by atoms with Crippen molar-refractivity contribution in [1.82, 2.24) is 19.9 Å². The van der Waals surface area contributed by atoms with Gasteiger partial charge < -0.3 is 20.1 Å². The first kappa shape index (κ1) is 17.2. The number of hydrogen-bond donors (Lipinski definition) is 2. The van der Waals surface area contributed by atoms with Crippen molar-refractivity contribution < 1.29 is 14.6 Å². The molecule has 2 aromatic heterocycles. The number of hydrogen-bond acceptors (Lipinski definition) is 6. The van der Waals surface area contributed by atoms with Gasteiger partial charge in [-0.2, -0.15) is 0 Å². The highest BCUT2D eigenvalue weighted by Gasteiger charge is 2.23. The molecule has 9 heteroatoms. The van der Waals surface area contributed by atoms with Crippen molar-refractivity contribution in [2.75, 3.05) is 18.4 Å². The van der Waals surface area contributed by atoms with Crippen LogP contribution in [-0.2, 0) is 0 Å². The number of halogens is 1. The van der Waals surface area contributed by atoms with E-state index in [2.05, 4.69) is 20.3 Å². The third-order valence-electron chi connectivity index (χ3n) is 3.93. The van der Waals surface area contributed by atoms with Gasteiger partial charge in [-0.05, 0) is 18.6 Å². The molecule has 1 fully saturated rings. The maximum atomic E-state index is 10.9. The molecule has 1 aliphatic heterocycles. The van der Waals surface area contributed by atoms with Gasteiger partial charge in [0, 0.05) is 38.2 Å². The van der Waals surface area contributed by atoms with E-state index in [1.807, 2.05) is 13.0 Å². The van der Waals surface area contributed by atoms with Crippen LogP contribution in [0.4, 0.5) is 16.4 Å². The van der Waals surface area contributed by atoms with Gasteiger partial charge in [0.05, 0.1) is 5.02 Å². The van der Waals surface area contributed by atoms with Crippen molar-refractivity contribution in [1.29, 1.82) is 0 Å². The number of likely N-dealkylation sites (tertiary alicyclic amines) is 1. The molecule has 1 aliphatic rings. The summed E-state index contributed by atoms with van der Waals surface area (Å²) < 4.78 is 5.86. The molecule has 0 radical (unpaired) electrons. The number of amides is 1. The van der Waals surface area contributed by atoms with Gasteiger partial charge in [-0.3, -0.25) is 0 Å². The smallest absolute Gasteiger partial charge is 0.407 e. The molecule has 3 heterocycles. The predicted octanol–water partition coefficient (Wildman–Crippen LogP) is 3.10. The maximum absolute atomic E-state index is 10.9. The number of carbonyl (C=O) groups is 1. The van der Waals surface area contributed by atoms with Crippen molar-refractivity contribution in [3.05, 3.63) is 35.2 Å². The molecule has 25 heavy (non-hydrogen) atoms. The van der Waals surface area contributed by atoms with Crippen LogP contribution >= 0.6 is 11.6 Å². The third-order valence-corrected chi connectivity index (χ3v) is 4.14. The number of rotatable bonds is 4. The van der Waals surface area contributed by atoms with Gasteiger partial charge in [-0.1, -0.05) is 11.6 Å². The van der Waals surface area contributed by atoms with Crippen molar-refractivity contribution in [3.8, 4) is 5.88 Å². The first-order valence-corrected chi connectivity index (χ1v) is 8.25. The number of aromatic nitrogens is 3. The van der Waals surface area contributed by atoms with Gasteiger partial charge in [-0.25, -0.2) is 19.7 Å². The summed E-state index contributed by atoms with van der Waals surface area (Å²) in [5.74, 6) is 1.66. The van der Waals surface area contributed by atoms with Crippen molar-refractivity contribution >= 4 is 29.3 Å². The average Bonchev–Trinajstić information content (AvgIpc) is 2.58. The van der Waals surface area contributed by atoms with E-state index in [4.69, 9.17) is 21.4 Å². The number of anilines is 2. The Morgan fingerprint density at radius 1 is 1.32 bits per heavy atom. The standard InChI is InChI=1S/C16H18ClN5O3/c1-10-6-11(17)8-18-15(10)21-13-7-14(20-9-19-13)25-12-2-4-22(5-3-12)16(23)24/h6-9,12H,2-5H2,1H3,(H,23,24)(H,18,19,20,21). The van der Waals surface area contributed by atoms with Crippen molar-refractivity contribution in [2.45, 2.75) is 25.9 Å². The first-order valence-electron chi connectivity index (χ1n) is 7.87. The molecule has 0 bridgehead atoms. The Labute approximate surface area is 149 Å². The molecule has 132 valence electrons. The monoisotopic (exact) mass is 363 g/mol. The van der Waals surface area contributed by atoms with Gasteiger partial charge >= 0.3 is 6.09 Å². The lowest BCUT2D eigenvalue weighted by atomic mass is 10.1. The molecule has 1 amide bonds. The van der Waals surface area contributed by atoms with Crippen LogP contribution in [0.25, 0.3) is 0 Å². The summed E-state index contributed by atoms with van der Waals surface area (Å²) in [4.78, 5) is 24.8. The number of carboxylic acid groups (broad SMARTS) is 1. The molecular formula is C16H18ClN5O3. The normalized spacial score (nSPS) is 15.0. The van der Waals surface area contributed by atoms with Gasteiger partial charge in [0.15, 0.2) is 0 Å². The molecule has 8 nitrogen and oxygen atoms in total. The van der Waals surface area contributed by atoms with E-state index >= 15 is 0 Å². The Hall–Kier alpha value is -2.61. The van der Waals surface area contributed by atoms with Crippen LogP contribution in [0.2, 0.25) is 5.02 Å². The fourth-order valence-corrected chi connectivity index (χ4v) is 2.81. The number of pyridine rings is 1. The largest absolute Gasteiger partial charge is 0.474 e. The Bertz CT molecular complexity index is 765. The molecule has 0 unspecified atom stereocenters. The van der Waals surface area contributed by atoms with Gasteiger partial charge in [-0.15, -0.1) is 0 Å². The molecule has 1 saturated heterocycles. The summed E-state index contributed by atoms with van der Waals surface area (Å²) in [6.07, 6.45) is 3.29. The van der Waals surface area contributed by atoms with Crippen LogP contribution in [0.15, 0.2) is 24.7 Å². The number of ether oxygens (including phenoxy) is 1. The highest BCUT2D eigenvalue weighted by Crippen LogP contribution is 2.22. The van der Waals surface area contributed by atoms with Gasteiger partial charge in [0.1, 0.15) is 24.1 Å². The van der Waals surface area contributed by atoms with Crippen LogP contribution in [0.5, 0.6) is 5.88 Å². The van der Waals surface area contributed by atoms with Crippen LogP contribution in [0.3, 0.4) is 0 Å². The number of piperidine rings is 1. The molecule has 3 rings (SSSR count). The number of nitrogens with zero attached hydrogens (tertiary/aromatic N) is 4. The van der Waals surface area contributed by atoms with E-state index in [1.54, 1.807) is 12.3 Å². The summed E-state index contributed by atoms with van der Waals surface area (Å²) in [6, 6.07) is 3.50. The Morgan fingerprint density at radius 3 is 2.76 bits per heavy atom. The van der Waals surface area contributed by atoms with Crippen LogP contribution in [0.1, 0.15) is 18.4 Å². The maximum Gasteiger partial charge on any atom is 0.407 e. The molecule has 2 aromatic rings. The second-order valence-electron chi connectivity index (χ2n) is 5.77. The molecular weight excluding hydrogens is 346 g/mol. The van der Waals surface area contributed by atoms with E-state index in [0.717, 1.165) is 5.56 Å². The quantitative estimate of drug-likeness (QED) is 0.860. The van der Waals surface area contributed by atoms with E-state index in [-0.39, 0.29) is 6.10 Å². The topological polar surface area (TPSA) is 100 Å². The van der Waals surface area contributed by atoms with Crippen LogP contribution < -0.4 is 10.1 Å². The molecule has 0 spiro atoms. The molecule has 0 aromatic carbocycles. The van der Waals surface area contributed by atoms with Crippen LogP contribution in [0, 0.1) is 6.92 Å². The zero-order valence-corrected chi connectivity index (χ0v) is 14.4. The lowest BCUT2D eigenvalue weighted by molar-refractivity contribution is 0.0870. The SMILES string of the molecule is Cc1cc(Cl)cnc1Nc1cc(OC2CCN(C(=O)O)CC2)ncn1. The summed E-state index contributed by atoms with van der Waals surface area (Å²) in [5, 5.41) is 12.7. The number of nitrogens with one attached hydrogen (secondary N) is 1. The van der Waals surface area contributed by atoms with Gasteiger partial charge in [0.25, 0.3) is 0 Å². The zero-order valence-electron chi connectivity index (χ0n) is 13.6. The molecule has 2 N–H and O–H groups in total. The molecule has 0 aliphatic carbocycles. The van der Waals surface area contributed by atoms with Gasteiger partial charge in [0.2, 0.25) is 5.88 Å². The summed E-state index contributed by atoms with van der Waals surface area (Å²) in [6.45, 7) is 2.82. The fourth-order valence-electron chi connectivity index (χ4n) is 2.60. The second-order valence-corrected chi connectivity index (χ2v) is 6.21. The predicted molar refractivity (Wildman–Crippen MR) is 92.5 cm³/mol. The zero-order chi connectivity index (χ0) is 17.8. The third kappa shape index (κ3) is 4.48. The van der Waals surface area contributed by atoms with Crippen molar-refractivity contribution in [3.63, 3.8) is 0 Å². The number of aryl methyl sites for hydroxylation is 1. The Kier molecular flexibility index (Phi) is 5.18. The lowest BCUT2D eigenvalue weighted by Gasteiger charge is -2.29. The minimum Gasteiger partial charge on any atom is -0.474 e.